The average molecular weight is 469 g/mol. The van der Waals surface area contributed by atoms with Crippen LogP contribution in [-0.4, -0.2) is 54.7 Å². The predicted molar refractivity (Wildman–Crippen MR) is 137 cm³/mol. The molecule has 3 aromatic carbocycles. The number of nitrogens with zero attached hydrogens (tertiary/aromatic N) is 2. The van der Waals surface area contributed by atoms with E-state index >= 15 is 0 Å². The van der Waals surface area contributed by atoms with E-state index in [2.05, 4.69) is 41.0 Å². The van der Waals surface area contributed by atoms with Crippen LogP contribution in [0.15, 0.2) is 66.7 Å². The van der Waals surface area contributed by atoms with Gasteiger partial charge in [-0.3, -0.25) is 19.4 Å². The van der Waals surface area contributed by atoms with Gasteiger partial charge in [-0.25, -0.2) is 0 Å². The van der Waals surface area contributed by atoms with Crippen LogP contribution in [0.4, 0.5) is 0 Å². The van der Waals surface area contributed by atoms with Crippen LogP contribution >= 0.6 is 0 Å². The molecule has 1 heterocycles. The van der Waals surface area contributed by atoms with Gasteiger partial charge in [-0.15, -0.1) is 0 Å². The molecule has 5 heteroatoms. The number of carbonyl (C=O) groups is 2. The van der Waals surface area contributed by atoms with Crippen LogP contribution in [0.1, 0.15) is 49.9 Å². The number of rotatable bonds is 6. The largest absolute Gasteiger partial charge is 0.497 e. The van der Waals surface area contributed by atoms with Gasteiger partial charge in [-0.05, 0) is 47.7 Å². The molecule has 0 N–H and O–H groups in total. The maximum atomic E-state index is 14.1. The fraction of sp³-hybridized carbons (Fsp3) is 0.333. The molecule has 0 unspecified atom stereocenters. The molecule has 180 valence electrons. The molecule has 0 radical (unpaired) electrons. The van der Waals surface area contributed by atoms with Gasteiger partial charge in [0, 0.05) is 43.9 Å². The van der Waals surface area contributed by atoms with Gasteiger partial charge in [0.1, 0.15) is 5.75 Å². The van der Waals surface area contributed by atoms with E-state index in [1.807, 2.05) is 37.3 Å². The number of hydrogen-bond acceptors (Lipinski definition) is 5. The zero-order valence-electron chi connectivity index (χ0n) is 20.7. The van der Waals surface area contributed by atoms with Gasteiger partial charge in [-0.1, -0.05) is 61.5 Å². The summed E-state index contributed by atoms with van der Waals surface area (Å²) in [4.78, 5) is 32.7. The first kappa shape index (κ1) is 23.5. The number of benzene rings is 3. The Kier molecular flexibility index (Phi) is 6.30. The number of ketones is 2. The summed E-state index contributed by atoms with van der Waals surface area (Å²) in [7, 11) is 1.62. The van der Waals surface area contributed by atoms with Gasteiger partial charge in [0.05, 0.1) is 7.11 Å². The van der Waals surface area contributed by atoms with Crippen LogP contribution in [-0.2, 0) is 18.5 Å². The molecule has 2 aliphatic rings. The molecule has 1 fully saturated rings. The summed E-state index contributed by atoms with van der Waals surface area (Å²) in [6, 6.07) is 21.6. The number of ether oxygens (including phenoxy) is 1. The van der Waals surface area contributed by atoms with Crippen molar-refractivity contribution in [2.45, 2.75) is 32.4 Å². The Balaban J connectivity index is 1.50. The second-order valence-corrected chi connectivity index (χ2v) is 9.54. The van der Waals surface area contributed by atoms with Crippen molar-refractivity contribution in [3.05, 3.63) is 100 Å². The Labute approximate surface area is 207 Å². The second kappa shape index (κ2) is 9.40. The molecule has 3 aromatic rings. The highest BCUT2D eigenvalue weighted by atomic mass is 16.5. The number of methoxy groups -OCH3 is 1. The van der Waals surface area contributed by atoms with E-state index in [0.29, 0.717) is 35.5 Å². The minimum absolute atomic E-state index is 0.129. The molecular formula is C30H32N2O3. The third-order valence-electron chi connectivity index (χ3n) is 7.52. The Morgan fingerprint density at radius 2 is 1.43 bits per heavy atom. The second-order valence-electron chi connectivity index (χ2n) is 9.54. The van der Waals surface area contributed by atoms with Crippen LogP contribution in [0.25, 0.3) is 0 Å². The van der Waals surface area contributed by atoms with Gasteiger partial charge >= 0.3 is 0 Å². The summed E-state index contributed by atoms with van der Waals surface area (Å²) in [6.07, 6.45) is 1.01. The van der Waals surface area contributed by atoms with Crippen molar-refractivity contribution in [3.8, 4) is 5.75 Å². The lowest BCUT2D eigenvalue weighted by Gasteiger charge is -2.44. The van der Waals surface area contributed by atoms with Crippen molar-refractivity contribution in [1.29, 1.82) is 0 Å². The fourth-order valence-corrected chi connectivity index (χ4v) is 5.72. The summed E-state index contributed by atoms with van der Waals surface area (Å²) in [5.41, 5.74) is 4.05. The number of Topliss-reactive ketones (excluding diaryl/α,β-unsaturated/α-hetero) is 2. The van der Waals surface area contributed by atoms with Crippen molar-refractivity contribution < 1.29 is 14.3 Å². The molecule has 0 saturated carbocycles. The Morgan fingerprint density at radius 1 is 0.829 bits per heavy atom. The topological polar surface area (TPSA) is 49.9 Å². The Hall–Kier alpha value is -3.28. The van der Waals surface area contributed by atoms with Gasteiger partial charge in [-0.2, -0.15) is 0 Å². The molecule has 0 bridgehead atoms. The van der Waals surface area contributed by atoms with E-state index in [1.165, 1.54) is 11.1 Å². The minimum Gasteiger partial charge on any atom is -0.497 e. The molecule has 0 aromatic heterocycles. The van der Waals surface area contributed by atoms with E-state index in [9.17, 15) is 9.59 Å². The van der Waals surface area contributed by atoms with Crippen LogP contribution in [0.5, 0.6) is 5.75 Å². The third kappa shape index (κ3) is 3.89. The lowest BCUT2D eigenvalue weighted by atomic mass is 9.81. The number of piperazine rings is 1. The normalized spacial score (nSPS) is 18.0. The highest BCUT2D eigenvalue weighted by molar-refractivity contribution is 6.32. The predicted octanol–water partition coefficient (Wildman–Crippen LogP) is 4.66. The van der Waals surface area contributed by atoms with Crippen molar-refractivity contribution in [1.82, 2.24) is 9.80 Å². The number of carbonyl (C=O) groups excluding carboxylic acids is 2. The van der Waals surface area contributed by atoms with Crippen LogP contribution in [0.3, 0.4) is 0 Å². The van der Waals surface area contributed by atoms with Crippen LogP contribution in [0, 0.1) is 6.92 Å². The monoisotopic (exact) mass is 468 g/mol. The highest BCUT2D eigenvalue weighted by Gasteiger charge is 2.58. The Morgan fingerprint density at radius 3 is 2.03 bits per heavy atom. The van der Waals surface area contributed by atoms with Gasteiger partial charge < -0.3 is 4.74 Å². The summed E-state index contributed by atoms with van der Waals surface area (Å²) < 4.78 is 5.53. The molecule has 0 atom stereocenters. The van der Waals surface area contributed by atoms with Crippen LogP contribution in [0.2, 0.25) is 0 Å². The summed E-state index contributed by atoms with van der Waals surface area (Å²) >= 11 is 0. The van der Waals surface area contributed by atoms with Gasteiger partial charge in [0.2, 0.25) is 0 Å². The summed E-state index contributed by atoms with van der Waals surface area (Å²) in [5.74, 6) is 0.400. The molecule has 1 aliphatic heterocycles. The highest BCUT2D eigenvalue weighted by Crippen LogP contribution is 2.44. The SMILES string of the molecule is CCc1ccccc1CN1CCN(C2(c3cc(C)cc(OC)c3)C(=O)c3ccccc3C2=O)CC1. The number of fused-ring (bicyclic) bond motifs is 1. The zero-order chi connectivity index (χ0) is 24.6. The van der Waals surface area contributed by atoms with Crippen LogP contribution < -0.4 is 4.74 Å². The number of hydrogen-bond donors (Lipinski definition) is 0. The van der Waals surface area contributed by atoms with E-state index < -0.39 is 5.54 Å². The molecular weight excluding hydrogens is 436 g/mol. The smallest absolute Gasteiger partial charge is 0.196 e. The first-order valence-electron chi connectivity index (χ1n) is 12.4. The summed E-state index contributed by atoms with van der Waals surface area (Å²) in [5, 5.41) is 0. The molecule has 1 saturated heterocycles. The standard InChI is InChI=1S/C30H32N2O3/c1-4-22-9-5-6-10-23(22)20-31-13-15-32(16-14-31)30(24-17-21(2)18-25(19-24)35-3)28(33)26-11-7-8-12-27(26)29(30)34/h5-12,17-19H,4,13-16,20H2,1-3H3. The molecule has 35 heavy (non-hydrogen) atoms. The molecule has 0 spiro atoms. The Bertz CT molecular complexity index is 1240. The number of aryl methyl sites for hydroxylation is 2. The first-order valence-corrected chi connectivity index (χ1v) is 12.4. The first-order chi connectivity index (χ1) is 17.0. The van der Waals surface area contributed by atoms with E-state index in [4.69, 9.17) is 4.74 Å². The van der Waals surface area contributed by atoms with E-state index in [-0.39, 0.29) is 11.6 Å². The van der Waals surface area contributed by atoms with E-state index in [0.717, 1.165) is 31.6 Å². The lowest BCUT2D eigenvalue weighted by Crippen LogP contribution is -2.60. The van der Waals surface area contributed by atoms with Crippen molar-refractivity contribution in [2.24, 2.45) is 0 Å². The molecule has 5 rings (SSSR count). The van der Waals surface area contributed by atoms with Crippen molar-refractivity contribution in [2.75, 3.05) is 33.3 Å². The minimum atomic E-state index is -1.35. The van der Waals surface area contributed by atoms with Crippen molar-refractivity contribution >= 4 is 11.6 Å². The fourth-order valence-electron chi connectivity index (χ4n) is 5.72. The lowest BCUT2D eigenvalue weighted by molar-refractivity contribution is 0.0278. The maximum absolute atomic E-state index is 14.1. The van der Waals surface area contributed by atoms with Gasteiger partial charge in [0.25, 0.3) is 0 Å². The molecule has 0 amide bonds. The van der Waals surface area contributed by atoms with Crippen molar-refractivity contribution in [3.63, 3.8) is 0 Å². The molecule has 1 aliphatic carbocycles. The molecule has 5 nitrogen and oxygen atoms in total. The quantitative estimate of drug-likeness (QED) is 0.493. The zero-order valence-corrected chi connectivity index (χ0v) is 20.7. The van der Waals surface area contributed by atoms with Gasteiger partial charge in [0.15, 0.2) is 17.1 Å². The third-order valence-corrected chi connectivity index (χ3v) is 7.52. The van der Waals surface area contributed by atoms with E-state index in [1.54, 1.807) is 19.2 Å². The average Bonchev–Trinajstić information content (AvgIpc) is 3.12. The summed E-state index contributed by atoms with van der Waals surface area (Å²) in [6.45, 7) is 7.89. The maximum Gasteiger partial charge on any atom is 0.196 e.